The highest BCUT2D eigenvalue weighted by atomic mass is 79.9. The van der Waals surface area contributed by atoms with Crippen molar-refractivity contribution >= 4 is 21.8 Å². The molecular weight excluding hydrogens is 316 g/mol. The predicted molar refractivity (Wildman–Crippen MR) is 83.9 cm³/mol. The standard InChI is InChI=1S/C16H21BrN2O/c1-11-2-3-12(8-15(11)17)16(20)19-6-4-13-9-18-10-14(13)5-7-19/h2-3,8,13-14,18H,4-7,9-10H2,1H3/t13-,14+. The van der Waals surface area contributed by atoms with Gasteiger partial charge in [-0.1, -0.05) is 22.0 Å². The maximum absolute atomic E-state index is 12.6. The van der Waals surface area contributed by atoms with Gasteiger partial charge in [0.15, 0.2) is 0 Å². The van der Waals surface area contributed by atoms with Crippen LogP contribution in [0.15, 0.2) is 22.7 Å². The summed E-state index contributed by atoms with van der Waals surface area (Å²) in [5, 5.41) is 3.47. The SMILES string of the molecule is Cc1ccc(C(=O)N2CC[C@@H]3CNC[C@@H]3CC2)cc1Br. The number of hydrogen-bond acceptors (Lipinski definition) is 2. The molecule has 0 aliphatic carbocycles. The summed E-state index contributed by atoms with van der Waals surface area (Å²) in [6, 6.07) is 5.90. The summed E-state index contributed by atoms with van der Waals surface area (Å²) in [5.74, 6) is 1.70. The number of rotatable bonds is 1. The molecule has 2 fully saturated rings. The molecule has 20 heavy (non-hydrogen) atoms. The van der Waals surface area contributed by atoms with E-state index in [1.54, 1.807) is 0 Å². The van der Waals surface area contributed by atoms with E-state index in [-0.39, 0.29) is 5.91 Å². The summed E-state index contributed by atoms with van der Waals surface area (Å²) in [7, 11) is 0. The molecule has 1 aromatic carbocycles. The van der Waals surface area contributed by atoms with Gasteiger partial charge in [-0.05, 0) is 62.4 Å². The fraction of sp³-hybridized carbons (Fsp3) is 0.562. The molecule has 0 spiro atoms. The van der Waals surface area contributed by atoms with Crippen molar-refractivity contribution in [2.45, 2.75) is 19.8 Å². The minimum absolute atomic E-state index is 0.179. The van der Waals surface area contributed by atoms with Gasteiger partial charge in [0.1, 0.15) is 0 Å². The van der Waals surface area contributed by atoms with Crippen LogP contribution in [0.2, 0.25) is 0 Å². The first-order valence-electron chi connectivity index (χ1n) is 7.41. The van der Waals surface area contributed by atoms with Crippen molar-refractivity contribution in [2.24, 2.45) is 11.8 Å². The van der Waals surface area contributed by atoms with Crippen molar-refractivity contribution in [1.29, 1.82) is 0 Å². The van der Waals surface area contributed by atoms with E-state index in [1.807, 2.05) is 30.0 Å². The topological polar surface area (TPSA) is 32.3 Å². The summed E-state index contributed by atoms with van der Waals surface area (Å²) in [6.45, 7) is 6.09. The maximum Gasteiger partial charge on any atom is 0.253 e. The first-order chi connectivity index (χ1) is 9.65. The molecule has 2 aliphatic heterocycles. The molecule has 0 saturated carbocycles. The number of fused-ring (bicyclic) bond motifs is 1. The smallest absolute Gasteiger partial charge is 0.253 e. The number of amides is 1. The maximum atomic E-state index is 12.6. The summed E-state index contributed by atoms with van der Waals surface area (Å²) in [6.07, 6.45) is 2.27. The Morgan fingerprint density at radius 1 is 1.25 bits per heavy atom. The minimum Gasteiger partial charge on any atom is -0.339 e. The lowest BCUT2D eigenvalue weighted by molar-refractivity contribution is 0.0758. The monoisotopic (exact) mass is 336 g/mol. The van der Waals surface area contributed by atoms with Crippen molar-refractivity contribution in [1.82, 2.24) is 10.2 Å². The van der Waals surface area contributed by atoms with E-state index < -0.39 is 0 Å². The Hall–Kier alpha value is -0.870. The van der Waals surface area contributed by atoms with E-state index in [2.05, 4.69) is 21.2 Å². The van der Waals surface area contributed by atoms with Gasteiger partial charge >= 0.3 is 0 Å². The second kappa shape index (κ2) is 5.86. The first-order valence-corrected chi connectivity index (χ1v) is 8.20. The number of nitrogens with zero attached hydrogens (tertiary/aromatic N) is 1. The molecular formula is C16H21BrN2O. The zero-order valence-corrected chi connectivity index (χ0v) is 13.4. The Labute approximate surface area is 128 Å². The Bertz CT molecular complexity index is 503. The van der Waals surface area contributed by atoms with Gasteiger partial charge in [0.2, 0.25) is 0 Å². The molecule has 108 valence electrons. The first kappa shape index (κ1) is 14.1. The fourth-order valence-electron chi connectivity index (χ4n) is 3.33. The average Bonchev–Trinajstić information content (AvgIpc) is 2.80. The highest BCUT2D eigenvalue weighted by Gasteiger charge is 2.31. The number of aryl methyl sites for hydroxylation is 1. The van der Waals surface area contributed by atoms with Gasteiger partial charge in [-0.2, -0.15) is 0 Å². The number of hydrogen-bond donors (Lipinski definition) is 1. The van der Waals surface area contributed by atoms with E-state index >= 15 is 0 Å². The summed E-state index contributed by atoms with van der Waals surface area (Å²) < 4.78 is 1.01. The molecule has 0 aromatic heterocycles. The van der Waals surface area contributed by atoms with Crippen LogP contribution >= 0.6 is 15.9 Å². The van der Waals surface area contributed by atoms with Gasteiger partial charge in [-0.15, -0.1) is 0 Å². The molecule has 1 aromatic rings. The van der Waals surface area contributed by atoms with Crippen molar-refractivity contribution in [3.8, 4) is 0 Å². The number of benzene rings is 1. The van der Waals surface area contributed by atoms with Crippen molar-refractivity contribution in [2.75, 3.05) is 26.2 Å². The Kier molecular flexibility index (Phi) is 4.13. The zero-order valence-electron chi connectivity index (χ0n) is 11.9. The van der Waals surface area contributed by atoms with Gasteiger partial charge < -0.3 is 10.2 Å². The fourth-order valence-corrected chi connectivity index (χ4v) is 3.71. The quantitative estimate of drug-likeness (QED) is 0.855. The summed E-state index contributed by atoms with van der Waals surface area (Å²) >= 11 is 3.51. The van der Waals surface area contributed by atoms with Gasteiger partial charge in [0.25, 0.3) is 5.91 Å². The van der Waals surface area contributed by atoms with Gasteiger partial charge in [0, 0.05) is 23.1 Å². The van der Waals surface area contributed by atoms with Crippen molar-refractivity contribution in [3.05, 3.63) is 33.8 Å². The predicted octanol–water partition coefficient (Wildman–Crippen LogP) is 2.83. The normalized spacial score (nSPS) is 26.2. The van der Waals surface area contributed by atoms with Crippen LogP contribution < -0.4 is 5.32 Å². The highest BCUT2D eigenvalue weighted by Crippen LogP contribution is 2.28. The molecule has 2 saturated heterocycles. The van der Waals surface area contributed by atoms with Crippen LogP contribution in [0.5, 0.6) is 0 Å². The molecule has 2 atom stereocenters. The third-order valence-electron chi connectivity index (χ3n) is 4.73. The van der Waals surface area contributed by atoms with Crippen LogP contribution in [0.1, 0.15) is 28.8 Å². The Morgan fingerprint density at radius 2 is 1.90 bits per heavy atom. The van der Waals surface area contributed by atoms with Gasteiger partial charge in [-0.3, -0.25) is 4.79 Å². The lowest BCUT2D eigenvalue weighted by Gasteiger charge is -2.21. The molecule has 0 bridgehead atoms. The van der Waals surface area contributed by atoms with Crippen LogP contribution in [0.3, 0.4) is 0 Å². The molecule has 2 aliphatic rings. The highest BCUT2D eigenvalue weighted by molar-refractivity contribution is 9.10. The molecule has 3 rings (SSSR count). The molecule has 0 radical (unpaired) electrons. The third kappa shape index (κ3) is 2.77. The van der Waals surface area contributed by atoms with E-state index in [0.717, 1.165) is 66.5 Å². The Balaban J connectivity index is 1.72. The van der Waals surface area contributed by atoms with E-state index in [9.17, 15) is 4.79 Å². The van der Waals surface area contributed by atoms with Crippen LogP contribution in [0.25, 0.3) is 0 Å². The largest absolute Gasteiger partial charge is 0.339 e. The number of halogens is 1. The number of likely N-dealkylation sites (tertiary alicyclic amines) is 1. The average molecular weight is 337 g/mol. The molecule has 4 heteroatoms. The molecule has 3 nitrogen and oxygen atoms in total. The second-order valence-corrected chi connectivity index (χ2v) is 6.87. The van der Waals surface area contributed by atoms with E-state index in [4.69, 9.17) is 0 Å². The van der Waals surface area contributed by atoms with Crippen LogP contribution in [0, 0.1) is 18.8 Å². The number of carbonyl (C=O) groups excluding carboxylic acids is 1. The number of nitrogens with one attached hydrogen (secondary N) is 1. The van der Waals surface area contributed by atoms with Crippen LogP contribution in [0.4, 0.5) is 0 Å². The molecule has 1 N–H and O–H groups in total. The van der Waals surface area contributed by atoms with E-state index in [0.29, 0.717) is 0 Å². The summed E-state index contributed by atoms with van der Waals surface area (Å²) in [5.41, 5.74) is 1.96. The van der Waals surface area contributed by atoms with Crippen molar-refractivity contribution < 1.29 is 4.79 Å². The molecule has 2 heterocycles. The lowest BCUT2D eigenvalue weighted by Crippen LogP contribution is -2.32. The van der Waals surface area contributed by atoms with Crippen LogP contribution in [-0.2, 0) is 0 Å². The minimum atomic E-state index is 0.179. The number of carbonyl (C=O) groups is 1. The zero-order chi connectivity index (χ0) is 14.1. The molecule has 0 unspecified atom stereocenters. The van der Waals surface area contributed by atoms with Crippen molar-refractivity contribution in [3.63, 3.8) is 0 Å². The molecule has 1 amide bonds. The third-order valence-corrected chi connectivity index (χ3v) is 5.58. The lowest BCUT2D eigenvalue weighted by atomic mass is 9.92. The second-order valence-electron chi connectivity index (χ2n) is 6.01. The van der Waals surface area contributed by atoms with Gasteiger partial charge in [-0.25, -0.2) is 0 Å². The summed E-state index contributed by atoms with van der Waals surface area (Å²) in [4.78, 5) is 14.7. The Morgan fingerprint density at radius 3 is 2.50 bits per heavy atom. The van der Waals surface area contributed by atoms with Crippen LogP contribution in [-0.4, -0.2) is 37.0 Å². The van der Waals surface area contributed by atoms with Gasteiger partial charge in [0.05, 0.1) is 0 Å². The van der Waals surface area contributed by atoms with E-state index in [1.165, 1.54) is 0 Å².